The molecule has 0 aromatic carbocycles. The second-order valence-corrected chi connectivity index (χ2v) is 8.02. The van der Waals surface area contributed by atoms with E-state index >= 15 is 0 Å². The van der Waals surface area contributed by atoms with Gasteiger partial charge in [0.05, 0.1) is 24.8 Å². The summed E-state index contributed by atoms with van der Waals surface area (Å²) in [4.78, 5) is 6.73. The van der Waals surface area contributed by atoms with Crippen molar-refractivity contribution in [2.24, 2.45) is 0 Å². The molecule has 0 bridgehead atoms. The first-order valence-corrected chi connectivity index (χ1v) is 9.40. The smallest absolute Gasteiger partial charge is 0.214 e. The van der Waals surface area contributed by atoms with Crippen LogP contribution in [-0.2, 0) is 16.6 Å². The lowest BCUT2D eigenvalue weighted by atomic mass is 10.0. The van der Waals surface area contributed by atoms with Crippen molar-refractivity contribution in [3.05, 3.63) is 24.0 Å². The molecule has 3 rings (SSSR count). The second kappa shape index (κ2) is 6.52. The molecular weight excluding hydrogens is 302 g/mol. The van der Waals surface area contributed by atoms with Gasteiger partial charge >= 0.3 is 0 Å². The second-order valence-electron chi connectivity index (χ2n) is 5.98. The van der Waals surface area contributed by atoms with E-state index in [9.17, 15) is 8.42 Å². The number of hydrogen-bond donors (Lipinski definition) is 0. The van der Waals surface area contributed by atoms with Crippen LogP contribution in [0, 0.1) is 0 Å². The summed E-state index contributed by atoms with van der Waals surface area (Å²) in [5, 5.41) is 0. The molecular formula is C15H23N3O3S. The summed E-state index contributed by atoms with van der Waals surface area (Å²) >= 11 is 0. The van der Waals surface area contributed by atoms with Gasteiger partial charge in [-0.15, -0.1) is 0 Å². The maximum absolute atomic E-state index is 12.0. The predicted octanol–water partition coefficient (Wildman–Crippen LogP) is 1.09. The Morgan fingerprint density at radius 3 is 2.59 bits per heavy atom. The van der Waals surface area contributed by atoms with Crippen molar-refractivity contribution in [2.75, 3.05) is 32.5 Å². The predicted molar refractivity (Wildman–Crippen MR) is 84.2 cm³/mol. The molecule has 7 heteroatoms. The summed E-state index contributed by atoms with van der Waals surface area (Å²) in [5.74, 6) is 1.09. The third-order valence-electron chi connectivity index (χ3n) is 4.52. The van der Waals surface area contributed by atoms with Gasteiger partial charge in [-0.05, 0) is 31.4 Å². The lowest BCUT2D eigenvalue weighted by molar-refractivity contribution is 0.156. The molecule has 2 aliphatic heterocycles. The molecule has 0 unspecified atom stereocenters. The summed E-state index contributed by atoms with van der Waals surface area (Å²) in [6.07, 6.45) is 4.34. The third kappa shape index (κ3) is 3.42. The van der Waals surface area contributed by atoms with Gasteiger partial charge in [0.15, 0.2) is 0 Å². The number of aromatic nitrogens is 1. The van der Waals surface area contributed by atoms with Crippen LogP contribution in [0.4, 0.5) is 0 Å². The van der Waals surface area contributed by atoms with E-state index in [1.807, 2.05) is 12.1 Å². The molecule has 0 N–H and O–H groups in total. The lowest BCUT2D eigenvalue weighted by Gasteiger charge is -2.35. The van der Waals surface area contributed by atoms with Crippen LogP contribution in [-0.4, -0.2) is 61.1 Å². The number of likely N-dealkylation sites (tertiary alicyclic amines) is 1. The maximum Gasteiger partial charge on any atom is 0.214 e. The molecule has 0 aliphatic carbocycles. The SMILES string of the molecule is COc1ccc(CN2CCC(N3CCCS3(=O)=O)CC2)nc1. The largest absolute Gasteiger partial charge is 0.495 e. The minimum absolute atomic E-state index is 0.188. The van der Waals surface area contributed by atoms with Crippen molar-refractivity contribution in [3.63, 3.8) is 0 Å². The molecule has 22 heavy (non-hydrogen) atoms. The Balaban J connectivity index is 1.53. The molecule has 0 radical (unpaired) electrons. The molecule has 0 atom stereocenters. The summed E-state index contributed by atoms with van der Waals surface area (Å²) < 4.78 is 30.8. The molecule has 6 nitrogen and oxygen atoms in total. The number of piperidine rings is 1. The molecule has 122 valence electrons. The van der Waals surface area contributed by atoms with E-state index in [1.165, 1.54) is 0 Å². The van der Waals surface area contributed by atoms with Crippen molar-refractivity contribution in [1.82, 2.24) is 14.2 Å². The van der Waals surface area contributed by atoms with E-state index in [0.29, 0.717) is 12.3 Å². The lowest BCUT2D eigenvalue weighted by Crippen LogP contribution is -2.45. The number of methoxy groups -OCH3 is 1. The number of rotatable bonds is 4. The van der Waals surface area contributed by atoms with Crippen molar-refractivity contribution in [1.29, 1.82) is 0 Å². The summed E-state index contributed by atoms with van der Waals surface area (Å²) in [6, 6.07) is 4.09. The third-order valence-corrected chi connectivity index (χ3v) is 6.52. The molecule has 1 aromatic heterocycles. The summed E-state index contributed by atoms with van der Waals surface area (Å²) in [6.45, 7) is 3.35. The molecule has 2 fully saturated rings. The highest BCUT2D eigenvalue weighted by molar-refractivity contribution is 7.89. The van der Waals surface area contributed by atoms with E-state index in [1.54, 1.807) is 17.6 Å². The molecule has 1 aromatic rings. The maximum atomic E-state index is 12.0. The fraction of sp³-hybridized carbons (Fsp3) is 0.667. The minimum Gasteiger partial charge on any atom is -0.495 e. The van der Waals surface area contributed by atoms with Crippen LogP contribution in [0.25, 0.3) is 0 Å². The minimum atomic E-state index is -2.98. The molecule has 0 spiro atoms. The van der Waals surface area contributed by atoms with E-state index in [2.05, 4.69) is 9.88 Å². The van der Waals surface area contributed by atoms with Gasteiger partial charge in [-0.25, -0.2) is 8.42 Å². The standard InChI is InChI=1S/C15H23N3O3S/c1-21-15-4-3-13(16-11-15)12-17-8-5-14(6-9-17)18-7-2-10-22(18,19)20/h3-4,11,14H,2,5-10,12H2,1H3. The Hall–Kier alpha value is -1.18. The molecule has 2 saturated heterocycles. The molecule has 0 amide bonds. The van der Waals surface area contributed by atoms with Gasteiger partial charge < -0.3 is 4.74 Å². The zero-order valence-electron chi connectivity index (χ0n) is 12.9. The van der Waals surface area contributed by atoms with Gasteiger partial charge in [-0.3, -0.25) is 9.88 Å². The molecule has 2 aliphatic rings. The first-order valence-electron chi connectivity index (χ1n) is 7.79. The van der Waals surface area contributed by atoms with Crippen molar-refractivity contribution >= 4 is 10.0 Å². The van der Waals surface area contributed by atoms with Crippen LogP contribution in [0.5, 0.6) is 5.75 Å². The number of pyridine rings is 1. The van der Waals surface area contributed by atoms with E-state index < -0.39 is 10.0 Å². The number of sulfonamides is 1. The first kappa shape index (κ1) is 15.7. The van der Waals surface area contributed by atoms with Gasteiger partial charge in [0, 0.05) is 32.2 Å². The Labute approximate surface area is 132 Å². The highest BCUT2D eigenvalue weighted by atomic mass is 32.2. The van der Waals surface area contributed by atoms with Crippen LogP contribution in [0.2, 0.25) is 0 Å². The number of ether oxygens (including phenoxy) is 1. The molecule has 3 heterocycles. The average Bonchev–Trinajstić information content (AvgIpc) is 2.88. The molecule has 0 saturated carbocycles. The number of hydrogen-bond acceptors (Lipinski definition) is 5. The zero-order valence-corrected chi connectivity index (χ0v) is 13.8. The van der Waals surface area contributed by atoms with Gasteiger partial charge in [-0.1, -0.05) is 0 Å². The first-order chi connectivity index (χ1) is 10.6. The van der Waals surface area contributed by atoms with Crippen LogP contribution >= 0.6 is 0 Å². The Kier molecular flexibility index (Phi) is 4.65. The van der Waals surface area contributed by atoms with Gasteiger partial charge in [0.2, 0.25) is 10.0 Å². The number of nitrogens with zero attached hydrogens (tertiary/aromatic N) is 3. The summed E-state index contributed by atoms with van der Waals surface area (Å²) in [5.41, 5.74) is 1.02. The fourth-order valence-electron chi connectivity index (χ4n) is 3.29. The van der Waals surface area contributed by atoms with E-state index in [0.717, 1.165) is 50.3 Å². The highest BCUT2D eigenvalue weighted by Gasteiger charge is 2.35. The monoisotopic (exact) mass is 325 g/mol. The Morgan fingerprint density at radius 1 is 1.27 bits per heavy atom. The van der Waals surface area contributed by atoms with Gasteiger partial charge in [-0.2, -0.15) is 4.31 Å². The Bertz CT molecular complexity index is 595. The van der Waals surface area contributed by atoms with Crippen molar-refractivity contribution < 1.29 is 13.2 Å². The highest BCUT2D eigenvalue weighted by Crippen LogP contribution is 2.25. The average molecular weight is 325 g/mol. The zero-order chi connectivity index (χ0) is 15.6. The fourth-order valence-corrected chi connectivity index (χ4v) is 5.09. The van der Waals surface area contributed by atoms with E-state index in [-0.39, 0.29) is 6.04 Å². The van der Waals surface area contributed by atoms with Crippen molar-refractivity contribution in [3.8, 4) is 5.75 Å². The van der Waals surface area contributed by atoms with E-state index in [4.69, 9.17) is 4.74 Å². The Morgan fingerprint density at radius 2 is 2.05 bits per heavy atom. The summed E-state index contributed by atoms with van der Waals surface area (Å²) in [7, 11) is -1.35. The van der Waals surface area contributed by atoms with Gasteiger partial charge in [0.25, 0.3) is 0 Å². The topological polar surface area (TPSA) is 62.7 Å². The van der Waals surface area contributed by atoms with Crippen LogP contribution < -0.4 is 4.74 Å². The van der Waals surface area contributed by atoms with Crippen LogP contribution in [0.1, 0.15) is 25.0 Å². The van der Waals surface area contributed by atoms with Crippen LogP contribution in [0.3, 0.4) is 0 Å². The van der Waals surface area contributed by atoms with Crippen LogP contribution in [0.15, 0.2) is 18.3 Å². The van der Waals surface area contributed by atoms with Crippen molar-refractivity contribution in [2.45, 2.75) is 31.8 Å². The normalized spacial score (nSPS) is 23.7. The van der Waals surface area contributed by atoms with Gasteiger partial charge in [0.1, 0.15) is 5.75 Å². The quantitative estimate of drug-likeness (QED) is 0.829.